The van der Waals surface area contributed by atoms with Crippen LogP contribution in [0.4, 0.5) is 0 Å². The Labute approximate surface area is 115 Å². The molecule has 5 nitrogen and oxygen atoms in total. The summed E-state index contributed by atoms with van der Waals surface area (Å²) in [5.74, 6) is 0.573. The lowest BCUT2D eigenvalue weighted by molar-refractivity contribution is 0.836. The van der Waals surface area contributed by atoms with Crippen LogP contribution in [0.5, 0.6) is 0 Å². The van der Waals surface area contributed by atoms with Gasteiger partial charge in [-0.2, -0.15) is 0 Å². The lowest BCUT2D eigenvalue weighted by Gasteiger charge is -2.08. The van der Waals surface area contributed by atoms with Gasteiger partial charge in [0.25, 0.3) is 0 Å². The highest BCUT2D eigenvalue weighted by molar-refractivity contribution is 5.76. The number of hydrogen-bond donors (Lipinski definition) is 0. The maximum atomic E-state index is 11.9. The standard InChI is InChI=1S/C15H12N4O/c1-2-8-19-9-5-13(20)12-10-17-14(18-15(12)19)11-3-6-16-7-4-11/h2-7,9-10H,1,8H2. The van der Waals surface area contributed by atoms with Crippen LogP contribution in [0.2, 0.25) is 0 Å². The predicted molar refractivity (Wildman–Crippen MR) is 77.2 cm³/mol. The molecule has 3 rings (SSSR count). The molecule has 0 amide bonds. The van der Waals surface area contributed by atoms with Gasteiger partial charge in [-0.15, -0.1) is 6.58 Å². The predicted octanol–water partition coefficient (Wildman–Crippen LogP) is 2.04. The van der Waals surface area contributed by atoms with Crippen molar-refractivity contribution in [1.82, 2.24) is 19.5 Å². The van der Waals surface area contributed by atoms with Crippen molar-refractivity contribution in [3.63, 3.8) is 0 Å². The third-order valence-corrected chi connectivity index (χ3v) is 2.98. The van der Waals surface area contributed by atoms with E-state index < -0.39 is 0 Å². The van der Waals surface area contributed by atoms with Crippen molar-refractivity contribution in [1.29, 1.82) is 0 Å². The number of fused-ring (bicyclic) bond motifs is 1. The Morgan fingerprint density at radius 1 is 1.25 bits per heavy atom. The van der Waals surface area contributed by atoms with Crippen LogP contribution >= 0.6 is 0 Å². The molecule has 0 aliphatic carbocycles. The molecule has 98 valence electrons. The number of pyridine rings is 2. The molecular weight excluding hydrogens is 252 g/mol. The van der Waals surface area contributed by atoms with E-state index in [-0.39, 0.29) is 5.43 Å². The van der Waals surface area contributed by atoms with Crippen molar-refractivity contribution in [3.8, 4) is 11.4 Å². The van der Waals surface area contributed by atoms with E-state index in [1.807, 2.05) is 16.7 Å². The molecule has 0 N–H and O–H groups in total. The lowest BCUT2D eigenvalue weighted by Crippen LogP contribution is -2.10. The highest BCUT2D eigenvalue weighted by Gasteiger charge is 2.07. The molecular formula is C15H12N4O. The van der Waals surface area contributed by atoms with Gasteiger partial charge in [-0.1, -0.05) is 6.08 Å². The summed E-state index contributed by atoms with van der Waals surface area (Å²) in [5, 5.41) is 0.507. The van der Waals surface area contributed by atoms with Gasteiger partial charge >= 0.3 is 0 Å². The van der Waals surface area contributed by atoms with Gasteiger partial charge in [-0.3, -0.25) is 9.78 Å². The molecule has 0 aromatic carbocycles. The van der Waals surface area contributed by atoms with Gasteiger partial charge in [0.1, 0.15) is 5.65 Å². The zero-order valence-corrected chi connectivity index (χ0v) is 10.7. The summed E-state index contributed by atoms with van der Waals surface area (Å²) < 4.78 is 1.87. The van der Waals surface area contributed by atoms with E-state index in [4.69, 9.17) is 0 Å². The first-order valence-electron chi connectivity index (χ1n) is 6.17. The minimum absolute atomic E-state index is 0.0819. The molecule has 3 aromatic rings. The largest absolute Gasteiger partial charge is 0.328 e. The number of hydrogen-bond acceptors (Lipinski definition) is 4. The minimum atomic E-state index is -0.0819. The van der Waals surface area contributed by atoms with Gasteiger partial charge in [-0.25, -0.2) is 9.97 Å². The first-order chi connectivity index (χ1) is 9.79. The molecule has 0 aliphatic heterocycles. The Balaban J connectivity index is 2.26. The van der Waals surface area contributed by atoms with Crippen LogP contribution in [0.15, 0.2) is 60.4 Å². The van der Waals surface area contributed by atoms with E-state index in [0.717, 1.165) is 5.56 Å². The molecule has 0 bridgehead atoms. The monoisotopic (exact) mass is 264 g/mol. The first-order valence-corrected chi connectivity index (χ1v) is 6.17. The van der Waals surface area contributed by atoms with Crippen LogP contribution in [-0.2, 0) is 6.54 Å². The van der Waals surface area contributed by atoms with Gasteiger partial charge in [0.15, 0.2) is 11.3 Å². The molecule has 0 atom stereocenters. The van der Waals surface area contributed by atoms with E-state index in [9.17, 15) is 4.79 Å². The zero-order valence-electron chi connectivity index (χ0n) is 10.7. The van der Waals surface area contributed by atoms with Crippen LogP contribution in [0.25, 0.3) is 22.4 Å². The Hall–Kier alpha value is -2.82. The molecule has 0 spiro atoms. The fraction of sp³-hybridized carbons (Fsp3) is 0.0667. The molecule has 0 saturated heterocycles. The van der Waals surface area contributed by atoms with Crippen LogP contribution in [0.1, 0.15) is 0 Å². The van der Waals surface area contributed by atoms with Crippen LogP contribution < -0.4 is 5.43 Å². The average Bonchev–Trinajstić information content (AvgIpc) is 2.51. The van der Waals surface area contributed by atoms with Gasteiger partial charge in [0, 0.05) is 43.0 Å². The van der Waals surface area contributed by atoms with E-state index >= 15 is 0 Å². The maximum absolute atomic E-state index is 11.9. The highest BCUT2D eigenvalue weighted by atomic mass is 16.1. The fourth-order valence-electron chi connectivity index (χ4n) is 2.01. The molecule has 0 fully saturated rings. The normalized spacial score (nSPS) is 10.6. The summed E-state index contributed by atoms with van der Waals surface area (Å²) in [6.07, 6.45) is 8.42. The Bertz CT molecular complexity index is 824. The fourth-order valence-corrected chi connectivity index (χ4v) is 2.01. The molecule has 20 heavy (non-hydrogen) atoms. The quantitative estimate of drug-likeness (QED) is 0.679. The molecule has 0 aliphatic rings. The highest BCUT2D eigenvalue weighted by Crippen LogP contribution is 2.15. The van der Waals surface area contributed by atoms with E-state index in [1.165, 1.54) is 6.07 Å². The third-order valence-electron chi connectivity index (χ3n) is 2.98. The summed E-state index contributed by atoms with van der Waals surface area (Å²) >= 11 is 0. The second kappa shape index (κ2) is 5.05. The van der Waals surface area contributed by atoms with E-state index in [2.05, 4.69) is 21.5 Å². The van der Waals surface area contributed by atoms with E-state index in [0.29, 0.717) is 23.4 Å². The number of allylic oxidation sites excluding steroid dienone is 1. The first kappa shape index (κ1) is 12.2. The average molecular weight is 264 g/mol. The number of rotatable bonds is 3. The van der Waals surface area contributed by atoms with Crippen LogP contribution in [0.3, 0.4) is 0 Å². The number of aromatic nitrogens is 4. The lowest BCUT2D eigenvalue weighted by atomic mass is 10.2. The molecule has 0 radical (unpaired) electrons. The number of nitrogens with zero attached hydrogens (tertiary/aromatic N) is 4. The van der Waals surface area contributed by atoms with Crippen molar-refractivity contribution < 1.29 is 0 Å². The van der Waals surface area contributed by atoms with Crippen molar-refractivity contribution in [2.45, 2.75) is 6.54 Å². The Kier molecular flexibility index (Phi) is 3.09. The summed E-state index contributed by atoms with van der Waals surface area (Å²) in [6.45, 7) is 4.30. The molecule has 0 saturated carbocycles. The minimum Gasteiger partial charge on any atom is -0.328 e. The molecule has 3 heterocycles. The van der Waals surface area contributed by atoms with Crippen molar-refractivity contribution in [2.75, 3.05) is 0 Å². The topological polar surface area (TPSA) is 60.7 Å². The van der Waals surface area contributed by atoms with E-state index in [1.54, 1.807) is 30.9 Å². The maximum Gasteiger partial charge on any atom is 0.192 e. The van der Waals surface area contributed by atoms with Crippen molar-refractivity contribution >= 4 is 11.0 Å². The Morgan fingerprint density at radius 3 is 2.80 bits per heavy atom. The van der Waals surface area contributed by atoms with Crippen LogP contribution in [0, 0.1) is 0 Å². The van der Waals surface area contributed by atoms with Gasteiger partial charge in [-0.05, 0) is 12.1 Å². The summed E-state index contributed by atoms with van der Waals surface area (Å²) in [5.41, 5.74) is 1.39. The molecule has 0 unspecified atom stereocenters. The van der Waals surface area contributed by atoms with Gasteiger partial charge in [0.2, 0.25) is 0 Å². The summed E-state index contributed by atoms with van der Waals surface area (Å²) in [4.78, 5) is 24.6. The SMILES string of the molecule is C=CCn1ccc(=O)c2cnc(-c3ccncc3)nc21. The van der Waals surface area contributed by atoms with Gasteiger partial charge < -0.3 is 4.57 Å². The van der Waals surface area contributed by atoms with Crippen LogP contribution in [-0.4, -0.2) is 19.5 Å². The molecule has 3 aromatic heterocycles. The van der Waals surface area contributed by atoms with Crippen molar-refractivity contribution in [3.05, 3.63) is 65.9 Å². The zero-order chi connectivity index (χ0) is 13.9. The third kappa shape index (κ3) is 2.09. The summed E-state index contributed by atoms with van der Waals surface area (Å²) in [6, 6.07) is 5.18. The smallest absolute Gasteiger partial charge is 0.192 e. The molecule has 5 heteroatoms. The second-order valence-electron chi connectivity index (χ2n) is 4.29. The Morgan fingerprint density at radius 2 is 2.05 bits per heavy atom. The van der Waals surface area contributed by atoms with Gasteiger partial charge in [0.05, 0.1) is 5.39 Å². The van der Waals surface area contributed by atoms with Crippen molar-refractivity contribution in [2.24, 2.45) is 0 Å². The second-order valence-corrected chi connectivity index (χ2v) is 4.29. The summed E-state index contributed by atoms with van der Waals surface area (Å²) in [7, 11) is 0.